The lowest BCUT2D eigenvalue weighted by Crippen LogP contribution is -2.48. The highest BCUT2D eigenvalue weighted by Crippen LogP contribution is 2.24. The summed E-state index contributed by atoms with van der Waals surface area (Å²) in [6.45, 7) is 2.40. The number of nitrogens with zero attached hydrogens (tertiary/aromatic N) is 3. The molecule has 1 saturated carbocycles. The predicted molar refractivity (Wildman–Crippen MR) is 95.2 cm³/mol. The molecule has 6 heteroatoms. The Labute approximate surface area is 148 Å². The zero-order valence-electron chi connectivity index (χ0n) is 14.7. The van der Waals surface area contributed by atoms with Crippen molar-refractivity contribution in [3.8, 4) is 0 Å². The molecule has 1 aromatic carbocycles. The maximum absolute atomic E-state index is 12.7. The quantitative estimate of drug-likeness (QED) is 0.772. The van der Waals surface area contributed by atoms with Gasteiger partial charge in [0.2, 0.25) is 5.91 Å². The third-order valence-electron chi connectivity index (χ3n) is 5.09. The maximum Gasteiger partial charge on any atom is 0.332 e. The number of hydrogen-bond donors (Lipinski definition) is 0. The van der Waals surface area contributed by atoms with Gasteiger partial charge in [-0.25, -0.2) is 4.79 Å². The summed E-state index contributed by atoms with van der Waals surface area (Å²) < 4.78 is 0. The molecule has 0 bridgehead atoms. The van der Waals surface area contributed by atoms with Crippen molar-refractivity contribution >= 4 is 23.5 Å². The van der Waals surface area contributed by atoms with E-state index in [0.29, 0.717) is 12.2 Å². The molecule has 2 fully saturated rings. The van der Waals surface area contributed by atoms with Gasteiger partial charge < -0.3 is 4.90 Å². The second-order valence-corrected chi connectivity index (χ2v) is 6.66. The molecule has 1 aliphatic heterocycles. The number of amides is 4. The number of imide groups is 1. The predicted octanol–water partition coefficient (Wildman–Crippen LogP) is 2.64. The highest BCUT2D eigenvalue weighted by Gasteiger charge is 2.39. The fraction of sp³-hybridized carbons (Fsp3) is 0.526. The van der Waals surface area contributed by atoms with Crippen LogP contribution in [-0.4, -0.2) is 53.3 Å². The molecule has 25 heavy (non-hydrogen) atoms. The topological polar surface area (TPSA) is 60.9 Å². The first-order valence-electron chi connectivity index (χ1n) is 9.08. The van der Waals surface area contributed by atoms with Gasteiger partial charge in [0.1, 0.15) is 13.1 Å². The Bertz CT molecular complexity index is 641. The second kappa shape index (κ2) is 7.68. The van der Waals surface area contributed by atoms with Crippen molar-refractivity contribution in [3.05, 3.63) is 30.3 Å². The van der Waals surface area contributed by atoms with Crippen LogP contribution < -0.4 is 4.90 Å². The highest BCUT2D eigenvalue weighted by atomic mass is 16.2. The van der Waals surface area contributed by atoms with Crippen LogP contribution in [0.25, 0.3) is 0 Å². The Morgan fingerprint density at radius 2 is 1.80 bits per heavy atom. The molecule has 1 aromatic rings. The third-order valence-corrected chi connectivity index (χ3v) is 5.09. The van der Waals surface area contributed by atoms with E-state index < -0.39 is 6.03 Å². The van der Waals surface area contributed by atoms with E-state index in [-0.39, 0.29) is 30.9 Å². The molecule has 0 unspecified atom stereocenters. The normalized spacial score (nSPS) is 18.8. The lowest BCUT2D eigenvalue weighted by molar-refractivity contribution is -0.138. The maximum atomic E-state index is 12.7. The van der Waals surface area contributed by atoms with Crippen LogP contribution in [0.5, 0.6) is 0 Å². The van der Waals surface area contributed by atoms with Crippen LogP contribution in [0.2, 0.25) is 0 Å². The van der Waals surface area contributed by atoms with Crippen molar-refractivity contribution in [1.82, 2.24) is 9.80 Å². The van der Waals surface area contributed by atoms with Crippen LogP contribution in [0.15, 0.2) is 30.3 Å². The first-order valence-corrected chi connectivity index (χ1v) is 9.08. The Hall–Kier alpha value is -2.37. The highest BCUT2D eigenvalue weighted by molar-refractivity contribution is 6.13. The summed E-state index contributed by atoms with van der Waals surface area (Å²) >= 11 is 0. The van der Waals surface area contributed by atoms with Gasteiger partial charge in [-0.05, 0) is 31.9 Å². The van der Waals surface area contributed by atoms with E-state index in [9.17, 15) is 14.4 Å². The number of hydrogen-bond acceptors (Lipinski definition) is 3. The van der Waals surface area contributed by atoms with E-state index in [2.05, 4.69) is 0 Å². The number of rotatable bonds is 5. The van der Waals surface area contributed by atoms with E-state index >= 15 is 0 Å². The van der Waals surface area contributed by atoms with Gasteiger partial charge in [0.25, 0.3) is 5.91 Å². The number of carbonyl (C=O) groups excluding carboxylic acids is 3. The molecular weight excluding hydrogens is 318 g/mol. The van der Waals surface area contributed by atoms with Crippen molar-refractivity contribution in [2.45, 2.75) is 45.1 Å². The first-order chi connectivity index (χ1) is 12.1. The summed E-state index contributed by atoms with van der Waals surface area (Å²) in [6, 6.07) is 8.91. The second-order valence-electron chi connectivity index (χ2n) is 6.66. The van der Waals surface area contributed by atoms with Gasteiger partial charge in [-0.15, -0.1) is 0 Å². The Morgan fingerprint density at radius 3 is 2.44 bits per heavy atom. The molecule has 6 nitrogen and oxygen atoms in total. The van der Waals surface area contributed by atoms with E-state index in [4.69, 9.17) is 0 Å². The number of anilines is 1. The number of likely N-dealkylation sites (N-methyl/N-ethyl adjacent to an activating group) is 1. The molecule has 134 valence electrons. The Kier molecular flexibility index (Phi) is 5.36. The zero-order valence-corrected chi connectivity index (χ0v) is 14.7. The summed E-state index contributed by atoms with van der Waals surface area (Å²) in [5.74, 6) is -0.451. The van der Waals surface area contributed by atoms with Gasteiger partial charge in [-0.3, -0.25) is 19.4 Å². The van der Waals surface area contributed by atoms with Gasteiger partial charge in [-0.1, -0.05) is 37.5 Å². The van der Waals surface area contributed by atoms with Gasteiger partial charge in [0, 0.05) is 18.3 Å². The molecule has 0 N–H and O–H groups in total. The number of para-hydroxylation sites is 1. The number of benzene rings is 1. The van der Waals surface area contributed by atoms with Crippen LogP contribution in [-0.2, 0) is 9.59 Å². The van der Waals surface area contributed by atoms with Crippen molar-refractivity contribution in [2.24, 2.45) is 0 Å². The monoisotopic (exact) mass is 343 g/mol. The van der Waals surface area contributed by atoms with Crippen LogP contribution in [0, 0.1) is 0 Å². The van der Waals surface area contributed by atoms with Crippen molar-refractivity contribution in [2.75, 3.05) is 24.5 Å². The minimum atomic E-state index is -0.413. The van der Waals surface area contributed by atoms with Crippen LogP contribution in [0.3, 0.4) is 0 Å². The molecule has 1 saturated heterocycles. The molecule has 2 aliphatic rings. The van der Waals surface area contributed by atoms with E-state index in [1.807, 2.05) is 30.0 Å². The first kappa shape index (κ1) is 17.5. The smallest absolute Gasteiger partial charge is 0.332 e. The zero-order chi connectivity index (χ0) is 17.8. The summed E-state index contributed by atoms with van der Waals surface area (Å²) in [6.07, 6.45) is 5.52. The largest absolute Gasteiger partial charge is 0.338 e. The fourth-order valence-electron chi connectivity index (χ4n) is 3.76. The van der Waals surface area contributed by atoms with Crippen LogP contribution >= 0.6 is 0 Å². The van der Waals surface area contributed by atoms with Crippen molar-refractivity contribution < 1.29 is 14.4 Å². The summed E-state index contributed by atoms with van der Waals surface area (Å²) in [7, 11) is 0. The molecule has 1 aliphatic carbocycles. The average molecular weight is 343 g/mol. The summed E-state index contributed by atoms with van der Waals surface area (Å²) in [5, 5.41) is 0. The van der Waals surface area contributed by atoms with Gasteiger partial charge in [0.05, 0.1) is 0 Å². The van der Waals surface area contributed by atoms with E-state index in [0.717, 1.165) is 30.6 Å². The van der Waals surface area contributed by atoms with Gasteiger partial charge >= 0.3 is 6.03 Å². The standard InChI is InChI=1S/C19H25N3O3/c1-2-20(15-9-5-3-6-10-15)17(23)14-22-18(24)13-21(19(22)25)16-11-7-4-8-12-16/h4,7-8,11-12,15H,2-3,5-6,9-10,13-14H2,1H3. The van der Waals surface area contributed by atoms with Gasteiger partial charge in [0.15, 0.2) is 0 Å². The number of carbonyl (C=O) groups is 3. The molecular formula is C19H25N3O3. The summed E-state index contributed by atoms with van der Waals surface area (Å²) in [4.78, 5) is 42.0. The SMILES string of the molecule is CCN(C(=O)CN1C(=O)CN(c2ccccc2)C1=O)C1CCCCC1. The molecule has 1 heterocycles. The van der Waals surface area contributed by atoms with E-state index in [1.165, 1.54) is 11.3 Å². The molecule has 0 atom stereocenters. The minimum absolute atomic E-state index is 0.00825. The van der Waals surface area contributed by atoms with E-state index in [1.54, 1.807) is 12.1 Å². The molecule has 3 rings (SSSR count). The molecule has 0 radical (unpaired) electrons. The average Bonchev–Trinajstić information content (AvgIpc) is 2.92. The lowest BCUT2D eigenvalue weighted by Gasteiger charge is -2.34. The Balaban J connectivity index is 1.68. The molecule has 0 spiro atoms. The molecule has 0 aromatic heterocycles. The van der Waals surface area contributed by atoms with Gasteiger partial charge in [-0.2, -0.15) is 0 Å². The van der Waals surface area contributed by atoms with Crippen molar-refractivity contribution in [3.63, 3.8) is 0 Å². The fourth-order valence-corrected chi connectivity index (χ4v) is 3.76. The van der Waals surface area contributed by atoms with Crippen molar-refractivity contribution in [1.29, 1.82) is 0 Å². The lowest BCUT2D eigenvalue weighted by atomic mass is 9.94. The summed E-state index contributed by atoms with van der Waals surface area (Å²) in [5.41, 5.74) is 0.676. The minimum Gasteiger partial charge on any atom is -0.338 e. The number of urea groups is 1. The third kappa shape index (κ3) is 3.67. The Morgan fingerprint density at radius 1 is 1.12 bits per heavy atom. The molecule has 4 amide bonds. The van der Waals surface area contributed by atoms with Crippen LogP contribution in [0.4, 0.5) is 10.5 Å². The van der Waals surface area contributed by atoms with Crippen LogP contribution in [0.1, 0.15) is 39.0 Å².